The number of fused-ring (bicyclic) bond motifs is 1. The Morgan fingerprint density at radius 1 is 1.41 bits per heavy atom. The molecule has 1 heterocycles. The Balaban J connectivity index is 2.50. The molecule has 0 unspecified atom stereocenters. The van der Waals surface area contributed by atoms with Crippen LogP contribution in [-0.4, -0.2) is 12.5 Å². The number of hydrogen-bond donors (Lipinski definition) is 2. The summed E-state index contributed by atoms with van der Waals surface area (Å²) in [5, 5.41) is 3.44. The predicted octanol–water partition coefficient (Wildman–Crippen LogP) is 0.999. The second-order valence-corrected chi connectivity index (χ2v) is 3.71. The fourth-order valence-electron chi connectivity index (χ4n) is 1.61. The van der Waals surface area contributed by atoms with Gasteiger partial charge < -0.3 is 15.5 Å². The first kappa shape index (κ1) is 11.3. The van der Waals surface area contributed by atoms with Crippen LogP contribution in [0.2, 0.25) is 0 Å². The molecule has 1 amide bonds. The van der Waals surface area contributed by atoms with E-state index >= 15 is 0 Å². The van der Waals surface area contributed by atoms with Gasteiger partial charge in [-0.1, -0.05) is 0 Å². The summed E-state index contributed by atoms with van der Waals surface area (Å²) in [6, 6.07) is 6.57. The molecule has 0 spiro atoms. The first-order valence-corrected chi connectivity index (χ1v) is 5.14. The highest BCUT2D eigenvalue weighted by Crippen LogP contribution is 2.20. The lowest BCUT2D eigenvalue weighted by Crippen LogP contribution is -2.21. The van der Waals surface area contributed by atoms with E-state index in [1.807, 2.05) is 6.92 Å². The molecule has 0 aliphatic heterocycles. The van der Waals surface area contributed by atoms with E-state index in [0.717, 1.165) is 10.9 Å². The number of rotatable bonds is 2. The lowest BCUT2D eigenvalue weighted by molar-refractivity contribution is -0.114. The summed E-state index contributed by atoms with van der Waals surface area (Å²) < 4.78 is 5.06. The van der Waals surface area contributed by atoms with E-state index in [1.54, 1.807) is 18.2 Å². The van der Waals surface area contributed by atoms with Gasteiger partial charge in [-0.3, -0.25) is 4.79 Å². The number of benzene rings is 1. The van der Waals surface area contributed by atoms with Gasteiger partial charge in [0.1, 0.15) is 5.58 Å². The molecule has 2 aromatic rings. The molecule has 3 N–H and O–H groups in total. The van der Waals surface area contributed by atoms with Crippen molar-refractivity contribution in [1.82, 2.24) is 0 Å². The highest BCUT2D eigenvalue weighted by atomic mass is 16.4. The molecule has 88 valence electrons. The van der Waals surface area contributed by atoms with Gasteiger partial charge in [0.25, 0.3) is 0 Å². The van der Waals surface area contributed by atoms with E-state index in [9.17, 15) is 9.59 Å². The predicted molar refractivity (Wildman–Crippen MR) is 64.9 cm³/mol. The Kier molecular flexibility index (Phi) is 2.93. The van der Waals surface area contributed by atoms with Crippen LogP contribution in [0.1, 0.15) is 5.56 Å². The van der Waals surface area contributed by atoms with Gasteiger partial charge in [0.15, 0.2) is 0 Å². The van der Waals surface area contributed by atoms with Crippen LogP contribution in [0.3, 0.4) is 0 Å². The minimum absolute atomic E-state index is 0.0875. The van der Waals surface area contributed by atoms with E-state index in [1.165, 1.54) is 6.07 Å². The largest absolute Gasteiger partial charge is 0.423 e. The average Bonchev–Trinajstić information content (AvgIpc) is 2.28. The lowest BCUT2D eigenvalue weighted by Gasteiger charge is -2.05. The van der Waals surface area contributed by atoms with Gasteiger partial charge in [0, 0.05) is 23.2 Å². The van der Waals surface area contributed by atoms with Crippen molar-refractivity contribution in [1.29, 1.82) is 0 Å². The zero-order valence-corrected chi connectivity index (χ0v) is 9.32. The number of carbonyl (C=O) groups is 1. The van der Waals surface area contributed by atoms with Crippen molar-refractivity contribution in [3.05, 3.63) is 40.2 Å². The summed E-state index contributed by atoms with van der Waals surface area (Å²) in [6.07, 6.45) is 0. The van der Waals surface area contributed by atoms with Gasteiger partial charge >= 0.3 is 5.63 Å². The molecule has 0 aliphatic carbocycles. The minimum Gasteiger partial charge on any atom is -0.423 e. The van der Waals surface area contributed by atoms with Gasteiger partial charge in [0.05, 0.1) is 6.54 Å². The summed E-state index contributed by atoms with van der Waals surface area (Å²) in [7, 11) is 0. The van der Waals surface area contributed by atoms with Gasteiger partial charge in [-0.15, -0.1) is 0 Å². The van der Waals surface area contributed by atoms with Crippen molar-refractivity contribution in [3.8, 4) is 0 Å². The van der Waals surface area contributed by atoms with Gasteiger partial charge in [-0.05, 0) is 24.6 Å². The molecule has 0 aliphatic rings. The highest BCUT2D eigenvalue weighted by Gasteiger charge is 2.04. The SMILES string of the molecule is Cc1cc(=O)oc2cc(NC(=O)CN)ccc12. The van der Waals surface area contributed by atoms with E-state index < -0.39 is 5.63 Å². The number of anilines is 1. The van der Waals surface area contributed by atoms with E-state index in [-0.39, 0.29) is 12.5 Å². The first-order valence-electron chi connectivity index (χ1n) is 5.14. The van der Waals surface area contributed by atoms with Crippen LogP contribution in [0.15, 0.2) is 33.5 Å². The second kappa shape index (κ2) is 4.39. The number of nitrogens with two attached hydrogens (primary N) is 1. The Morgan fingerprint density at radius 3 is 2.88 bits per heavy atom. The number of nitrogens with one attached hydrogen (secondary N) is 1. The van der Waals surface area contributed by atoms with E-state index in [4.69, 9.17) is 10.2 Å². The molecule has 0 bridgehead atoms. The van der Waals surface area contributed by atoms with Gasteiger partial charge in [0.2, 0.25) is 5.91 Å². The molecule has 5 heteroatoms. The molecule has 1 aromatic heterocycles. The average molecular weight is 232 g/mol. The molecule has 0 radical (unpaired) electrons. The Labute approximate surface area is 97.2 Å². The van der Waals surface area contributed by atoms with Crippen molar-refractivity contribution >= 4 is 22.6 Å². The summed E-state index contributed by atoms with van der Waals surface area (Å²) in [5.74, 6) is -0.292. The fraction of sp³-hybridized carbons (Fsp3) is 0.167. The number of carbonyl (C=O) groups excluding carboxylic acids is 1. The smallest absolute Gasteiger partial charge is 0.336 e. The molecule has 1 aromatic carbocycles. The number of hydrogen-bond acceptors (Lipinski definition) is 4. The van der Waals surface area contributed by atoms with Crippen LogP contribution in [0.4, 0.5) is 5.69 Å². The minimum atomic E-state index is -0.405. The summed E-state index contributed by atoms with van der Waals surface area (Å²) >= 11 is 0. The van der Waals surface area contributed by atoms with Crippen molar-refractivity contribution < 1.29 is 9.21 Å². The number of aryl methyl sites for hydroxylation is 1. The standard InChI is InChI=1S/C12H12N2O3/c1-7-4-12(16)17-10-5-8(2-3-9(7)10)14-11(15)6-13/h2-5H,6,13H2,1H3,(H,14,15). The van der Waals surface area contributed by atoms with Crippen LogP contribution in [0.5, 0.6) is 0 Å². The van der Waals surface area contributed by atoms with Crippen LogP contribution < -0.4 is 16.7 Å². The van der Waals surface area contributed by atoms with Crippen LogP contribution in [0, 0.1) is 6.92 Å². The third-order valence-electron chi connectivity index (χ3n) is 2.42. The zero-order chi connectivity index (χ0) is 12.4. The van der Waals surface area contributed by atoms with Crippen molar-refractivity contribution in [2.45, 2.75) is 6.92 Å². The molecular weight excluding hydrogens is 220 g/mol. The summed E-state index contributed by atoms with van der Waals surface area (Å²) in [4.78, 5) is 22.3. The topological polar surface area (TPSA) is 85.3 Å². The second-order valence-electron chi connectivity index (χ2n) is 3.71. The Bertz CT molecular complexity index is 631. The zero-order valence-electron chi connectivity index (χ0n) is 9.32. The normalized spacial score (nSPS) is 10.5. The maximum atomic E-state index is 11.2. The molecule has 5 nitrogen and oxygen atoms in total. The van der Waals surface area contributed by atoms with Crippen molar-refractivity contribution in [3.63, 3.8) is 0 Å². The van der Waals surface area contributed by atoms with Crippen LogP contribution in [0.25, 0.3) is 11.0 Å². The van der Waals surface area contributed by atoms with Crippen LogP contribution in [-0.2, 0) is 4.79 Å². The van der Waals surface area contributed by atoms with Gasteiger partial charge in [-0.2, -0.15) is 0 Å². The molecule has 0 saturated carbocycles. The molecule has 2 rings (SSSR count). The summed E-state index contributed by atoms with van der Waals surface area (Å²) in [6.45, 7) is 1.74. The molecule has 0 fully saturated rings. The third-order valence-corrected chi connectivity index (χ3v) is 2.42. The van der Waals surface area contributed by atoms with Crippen LogP contribution >= 0.6 is 0 Å². The third kappa shape index (κ3) is 2.34. The first-order chi connectivity index (χ1) is 8.10. The maximum Gasteiger partial charge on any atom is 0.336 e. The van der Waals surface area contributed by atoms with Gasteiger partial charge in [-0.25, -0.2) is 4.79 Å². The molecular formula is C12H12N2O3. The van der Waals surface area contributed by atoms with E-state index in [0.29, 0.717) is 11.3 Å². The summed E-state index contributed by atoms with van der Waals surface area (Å²) in [5.41, 5.74) is 6.64. The van der Waals surface area contributed by atoms with E-state index in [2.05, 4.69) is 5.32 Å². The molecule has 17 heavy (non-hydrogen) atoms. The Hall–Kier alpha value is -2.14. The van der Waals surface area contributed by atoms with Crippen molar-refractivity contribution in [2.24, 2.45) is 5.73 Å². The molecule has 0 atom stereocenters. The fourth-order valence-corrected chi connectivity index (χ4v) is 1.61. The highest BCUT2D eigenvalue weighted by molar-refractivity contribution is 5.94. The molecule has 0 saturated heterocycles. The quantitative estimate of drug-likeness (QED) is 0.756. The lowest BCUT2D eigenvalue weighted by atomic mass is 10.1. The monoisotopic (exact) mass is 232 g/mol. The number of amides is 1. The maximum absolute atomic E-state index is 11.2. The Morgan fingerprint density at radius 2 is 2.18 bits per heavy atom. The van der Waals surface area contributed by atoms with Crippen molar-refractivity contribution in [2.75, 3.05) is 11.9 Å².